The van der Waals surface area contributed by atoms with E-state index < -0.39 is 0 Å². The molecule has 0 fully saturated rings. The van der Waals surface area contributed by atoms with Crippen LogP contribution in [0.1, 0.15) is 33.5 Å². The van der Waals surface area contributed by atoms with Crippen LogP contribution in [0.4, 0.5) is 11.6 Å². The number of hydrogen-bond donors (Lipinski definition) is 2. The van der Waals surface area contributed by atoms with Gasteiger partial charge in [-0.05, 0) is 6.92 Å². The maximum Gasteiger partial charge on any atom is 0.138 e. The molecule has 1 rings (SSSR count). The van der Waals surface area contributed by atoms with E-state index >= 15 is 0 Å². The molecule has 0 spiro atoms. The van der Waals surface area contributed by atoms with Crippen LogP contribution in [0, 0.1) is 0 Å². The molecule has 1 aromatic rings. The third kappa shape index (κ3) is 5.85. The van der Waals surface area contributed by atoms with Gasteiger partial charge in [0.15, 0.2) is 0 Å². The lowest BCUT2D eigenvalue weighted by Crippen LogP contribution is -2.27. The van der Waals surface area contributed by atoms with E-state index in [1.165, 1.54) is 0 Å². The zero-order valence-electron chi connectivity index (χ0n) is 14.0. The fraction of sp³-hybridized carbons (Fsp3) is 0.733. The van der Waals surface area contributed by atoms with Crippen molar-refractivity contribution >= 4 is 11.6 Å². The van der Waals surface area contributed by atoms with Crippen molar-refractivity contribution in [2.75, 3.05) is 44.5 Å². The molecule has 0 aliphatic rings. The number of methoxy groups -OCH3 is 2. The summed E-state index contributed by atoms with van der Waals surface area (Å²) in [5, 5.41) is 6.54. The summed E-state index contributed by atoms with van der Waals surface area (Å²) < 4.78 is 10.5. The average Bonchev–Trinajstić information content (AvgIpc) is 2.42. The molecule has 21 heavy (non-hydrogen) atoms. The standard InChI is InChI=1S/C15H28N4O2/c1-7-16-12-8-13(17-9-11(21-6)10-20-5)19-14(18-12)15(2,3)4/h8,11H,7,9-10H2,1-6H3,(H2,16,17,18,19). The van der Waals surface area contributed by atoms with Gasteiger partial charge in [-0.3, -0.25) is 0 Å². The number of rotatable bonds is 8. The number of hydrogen-bond acceptors (Lipinski definition) is 6. The molecular weight excluding hydrogens is 268 g/mol. The van der Waals surface area contributed by atoms with E-state index in [1.807, 2.05) is 13.0 Å². The van der Waals surface area contributed by atoms with Crippen LogP contribution < -0.4 is 10.6 Å². The van der Waals surface area contributed by atoms with Crippen LogP contribution in [0.15, 0.2) is 6.07 Å². The van der Waals surface area contributed by atoms with Gasteiger partial charge in [0.25, 0.3) is 0 Å². The quantitative estimate of drug-likeness (QED) is 0.767. The van der Waals surface area contributed by atoms with E-state index in [0.717, 1.165) is 24.0 Å². The van der Waals surface area contributed by atoms with Crippen LogP contribution in [0.25, 0.3) is 0 Å². The molecule has 0 aliphatic heterocycles. The van der Waals surface area contributed by atoms with Gasteiger partial charge in [0, 0.05) is 38.8 Å². The number of nitrogens with zero attached hydrogens (tertiary/aromatic N) is 2. The van der Waals surface area contributed by atoms with Gasteiger partial charge in [-0.15, -0.1) is 0 Å². The summed E-state index contributed by atoms with van der Waals surface area (Å²) in [5.74, 6) is 2.44. The molecule has 0 bridgehead atoms. The zero-order chi connectivity index (χ0) is 15.9. The highest BCUT2D eigenvalue weighted by Gasteiger charge is 2.19. The maximum atomic E-state index is 5.34. The molecule has 0 radical (unpaired) electrons. The van der Waals surface area contributed by atoms with Crippen molar-refractivity contribution < 1.29 is 9.47 Å². The van der Waals surface area contributed by atoms with Gasteiger partial charge in [-0.1, -0.05) is 20.8 Å². The Kier molecular flexibility index (Phi) is 6.84. The van der Waals surface area contributed by atoms with Gasteiger partial charge in [0.1, 0.15) is 17.5 Å². The van der Waals surface area contributed by atoms with Crippen LogP contribution in [0.2, 0.25) is 0 Å². The van der Waals surface area contributed by atoms with E-state index in [9.17, 15) is 0 Å². The summed E-state index contributed by atoms with van der Waals surface area (Å²) in [4.78, 5) is 9.15. The number of nitrogens with one attached hydrogen (secondary N) is 2. The molecule has 2 N–H and O–H groups in total. The Morgan fingerprint density at radius 1 is 1.14 bits per heavy atom. The second-order valence-corrected chi connectivity index (χ2v) is 5.94. The number of aromatic nitrogens is 2. The lowest BCUT2D eigenvalue weighted by Gasteiger charge is -2.20. The summed E-state index contributed by atoms with van der Waals surface area (Å²) in [6.07, 6.45) is -0.00867. The van der Waals surface area contributed by atoms with Crippen molar-refractivity contribution in [1.29, 1.82) is 0 Å². The van der Waals surface area contributed by atoms with Gasteiger partial charge in [-0.2, -0.15) is 0 Å². The predicted octanol–water partition coefficient (Wildman–Crippen LogP) is 2.28. The van der Waals surface area contributed by atoms with Crippen LogP contribution >= 0.6 is 0 Å². The van der Waals surface area contributed by atoms with E-state index in [4.69, 9.17) is 9.47 Å². The smallest absolute Gasteiger partial charge is 0.138 e. The van der Waals surface area contributed by atoms with E-state index in [-0.39, 0.29) is 11.5 Å². The predicted molar refractivity (Wildman–Crippen MR) is 86.1 cm³/mol. The molecule has 6 heteroatoms. The topological polar surface area (TPSA) is 68.3 Å². The number of anilines is 2. The molecule has 120 valence electrons. The van der Waals surface area contributed by atoms with Gasteiger partial charge in [0.2, 0.25) is 0 Å². The SMILES string of the molecule is CCNc1cc(NCC(COC)OC)nc(C(C)(C)C)n1. The third-order valence-corrected chi connectivity index (χ3v) is 2.95. The van der Waals surface area contributed by atoms with Gasteiger partial charge >= 0.3 is 0 Å². The van der Waals surface area contributed by atoms with Gasteiger partial charge < -0.3 is 20.1 Å². The third-order valence-electron chi connectivity index (χ3n) is 2.95. The monoisotopic (exact) mass is 296 g/mol. The fourth-order valence-corrected chi connectivity index (χ4v) is 1.76. The Balaban J connectivity index is 2.87. The van der Waals surface area contributed by atoms with Crippen molar-refractivity contribution in [3.8, 4) is 0 Å². The molecule has 0 amide bonds. The first-order valence-electron chi connectivity index (χ1n) is 7.29. The Hall–Kier alpha value is -1.40. The van der Waals surface area contributed by atoms with Crippen molar-refractivity contribution in [2.45, 2.75) is 39.2 Å². The fourth-order valence-electron chi connectivity index (χ4n) is 1.76. The van der Waals surface area contributed by atoms with Crippen LogP contribution in [-0.4, -0.2) is 50.0 Å². The van der Waals surface area contributed by atoms with Crippen molar-refractivity contribution in [1.82, 2.24) is 9.97 Å². The summed E-state index contributed by atoms with van der Waals surface area (Å²) in [6.45, 7) is 10.4. The Bertz CT molecular complexity index is 432. The molecule has 0 aromatic carbocycles. The van der Waals surface area contributed by atoms with Gasteiger partial charge in [-0.25, -0.2) is 9.97 Å². The number of ether oxygens (including phenoxy) is 2. The zero-order valence-corrected chi connectivity index (χ0v) is 14.0. The molecule has 1 unspecified atom stereocenters. The summed E-state index contributed by atoms with van der Waals surface area (Å²) in [6, 6.07) is 1.91. The molecular formula is C15H28N4O2. The van der Waals surface area contributed by atoms with Crippen LogP contribution in [-0.2, 0) is 14.9 Å². The van der Waals surface area contributed by atoms with Crippen molar-refractivity contribution in [3.05, 3.63) is 11.9 Å². The second-order valence-electron chi connectivity index (χ2n) is 5.94. The first-order chi connectivity index (χ1) is 9.90. The first kappa shape index (κ1) is 17.7. The van der Waals surface area contributed by atoms with Crippen molar-refractivity contribution in [2.24, 2.45) is 0 Å². The lowest BCUT2D eigenvalue weighted by molar-refractivity contribution is 0.0365. The minimum absolute atomic E-state index is 0.00867. The first-order valence-corrected chi connectivity index (χ1v) is 7.29. The van der Waals surface area contributed by atoms with Crippen LogP contribution in [0.3, 0.4) is 0 Å². The summed E-state index contributed by atoms with van der Waals surface area (Å²) >= 11 is 0. The molecule has 0 saturated heterocycles. The highest BCUT2D eigenvalue weighted by atomic mass is 16.5. The van der Waals surface area contributed by atoms with E-state index in [1.54, 1.807) is 14.2 Å². The van der Waals surface area contributed by atoms with Crippen molar-refractivity contribution in [3.63, 3.8) is 0 Å². The molecule has 6 nitrogen and oxygen atoms in total. The Labute approximate surface area is 127 Å². The normalized spacial score (nSPS) is 13.0. The Morgan fingerprint density at radius 3 is 2.24 bits per heavy atom. The second kappa shape index (κ2) is 8.14. The molecule has 1 atom stereocenters. The summed E-state index contributed by atoms with van der Waals surface area (Å²) in [5.41, 5.74) is -0.102. The highest BCUT2D eigenvalue weighted by molar-refractivity contribution is 5.48. The minimum atomic E-state index is -0.102. The molecule has 0 saturated carbocycles. The summed E-state index contributed by atoms with van der Waals surface area (Å²) in [7, 11) is 3.34. The molecule has 1 aromatic heterocycles. The maximum absolute atomic E-state index is 5.34. The molecule has 1 heterocycles. The largest absolute Gasteiger partial charge is 0.382 e. The highest BCUT2D eigenvalue weighted by Crippen LogP contribution is 2.22. The van der Waals surface area contributed by atoms with Crippen LogP contribution in [0.5, 0.6) is 0 Å². The van der Waals surface area contributed by atoms with E-state index in [2.05, 4.69) is 41.4 Å². The minimum Gasteiger partial charge on any atom is -0.382 e. The van der Waals surface area contributed by atoms with Gasteiger partial charge in [0.05, 0.1) is 12.7 Å². The lowest BCUT2D eigenvalue weighted by atomic mass is 9.96. The average molecular weight is 296 g/mol. The molecule has 0 aliphatic carbocycles. The Morgan fingerprint density at radius 2 is 1.76 bits per heavy atom. The van der Waals surface area contributed by atoms with E-state index in [0.29, 0.717) is 13.2 Å².